The van der Waals surface area contributed by atoms with Gasteiger partial charge in [-0.1, -0.05) is 6.92 Å². The Morgan fingerprint density at radius 1 is 0.642 bits per heavy atom. The summed E-state index contributed by atoms with van der Waals surface area (Å²) in [6.07, 6.45) is 26.8. The summed E-state index contributed by atoms with van der Waals surface area (Å²) in [5.74, 6) is 1.35. The number of allylic oxidation sites excluding steroid dienone is 2. The largest absolute Gasteiger partial charge is 0.401 e. The molecule has 18 nitrogen and oxygen atoms in total. The summed E-state index contributed by atoms with van der Waals surface area (Å²) in [6, 6.07) is 14.1. The van der Waals surface area contributed by atoms with Crippen molar-refractivity contribution in [2.75, 3.05) is 13.1 Å². The highest BCUT2D eigenvalue weighted by molar-refractivity contribution is 14.1. The first-order chi connectivity index (χ1) is 33.0. The number of aromatic nitrogens is 15. The molecule has 0 radical (unpaired) electrons. The first-order valence-corrected chi connectivity index (χ1v) is 22.3. The van der Waals surface area contributed by atoms with E-state index in [2.05, 4.69) is 119 Å². The fourth-order valence-electron chi connectivity index (χ4n) is 8.03. The van der Waals surface area contributed by atoms with E-state index in [1.165, 1.54) is 0 Å². The number of hydrogen-bond acceptors (Lipinski definition) is 14. The molecule has 7 N–H and O–H groups in total. The fraction of sp³-hybridized carbons (Fsp3) is 0.104. The number of aromatic amines is 4. The smallest absolute Gasteiger partial charge is 0.181 e. The Balaban J connectivity index is 0.000000148. The average molecular weight is 995 g/mol. The molecule has 19 heteroatoms. The molecule has 11 aromatic rings. The number of fused-ring (bicyclic) bond motifs is 4. The molecule has 0 amide bonds. The maximum absolute atomic E-state index is 6.08. The van der Waals surface area contributed by atoms with Crippen molar-refractivity contribution in [3.05, 3.63) is 146 Å². The summed E-state index contributed by atoms with van der Waals surface area (Å²) in [4.78, 5) is 47.1. The van der Waals surface area contributed by atoms with Crippen LogP contribution in [0.15, 0.2) is 135 Å². The Morgan fingerprint density at radius 2 is 1.19 bits per heavy atom. The Bertz CT molecular complexity index is 3630. The molecule has 0 spiro atoms. The quantitative estimate of drug-likeness (QED) is 0.0429. The van der Waals surface area contributed by atoms with E-state index < -0.39 is 0 Å². The molecular weight excluding hydrogens is 956 g/mol. The Morgan fingerprint density at radius 3 is 1.78 bits per heavy atom. The average Bonchev–Trinajstić information content (AvgIpc) is 4.19. The predicted octanol–water partition coefficient (Wildman–Crippen LogP) is 8.33. The summed E-state index contributed by atoms with van der Waals surface area (Å²) >= 11 is 2.23. The second-order valence-corrected chi connectivity index (χ2v) is 17.1. The van der Waals surface area contributed by atoms with Crippen molar-refractivity contribution >= 4 is 72.6 Å². The van der Waals surface area contributed by atoms with Crippen molar-refractivity contribution in [2.45, 2.75) is 19.9 Å². The van der Waals surface area contributed by atoms with Crippen molar-refractivity contribution in [3.8, 4) is 56.4 Å². The van der Waals surface area contributed by atoms with Crippen LogP contribution in [0.4, 0.5) is 0 Å². The Hall–Kier alpha value is -8.30. The molecule has 12 rings (SSSR count). The zero-order valence-electron chi connectivity index (χ0n) is 35.8. The van der Waals surface area contributed by atoms with Gasteiger partial charge in [0.25, 0.3) is 0 Å². The minimum Gasteiger partial charge on any atom is -0.401 e. The van der Waals surface area contributed by atoms with Crippen molar-refractivity contribution in [1.29, 1.82) is 0 Å². The number of hydrogen-bond donors (Lipinski definition) is 6. The number of H-pyrrole nitrogens is 4. The van der Waals surface area contributed by atoms with E-state index in [0.717, 1.165) is 120 Å². The van der Waals surface area contributed by atoms with E-state index >= 15 is 0 Å². The number of pyridine rings is 7. The number of nitrogens with two attached hydrogens (primary N) is 1. The fourth-order valence-corrected chi connectivity index (χ4v) is 8.72. The SMILES string of the molecule is CCCNCc1cncc(-c2cnc3n[nH]c(-c4nc5c(-c6ccncc6)cncc5[nH]4)c3c2)c1.NC1=CC(c2cnc3n[nH]c(-c4nc5c(-c6ccncc6)cncc5[nH]4)c3c2)=CN(I)C1. The standard InChI is InChI=1S/C26H23N9.C22H16IN9/c1-2-5-28-10-16-8-18(12-29-11-16)19-9-20-24(34-35-25(20)31-13-19)26-32-22-15-30-14-21(23(22)33-26)17-3-6-27-7-4-17;23-32-10-14(5-15(24)11-32)13-6-16-20(30-31-21(16)27-7-13)22-28-18-9-26-8-17(19(18)29-22)12-1-3-25-4-2-12/h3-4,6-9,11-15,28H,2,5,10H2,1H3,(H,32,33)(H,31,34,35);1-10H,11,24H2,(H,28,29)(H,27,30,31). The predicted molar refractivity (Wildman–Crippen MR) is 266 cm³/mol. The van der Waals surface area contributed by atoms with Crippen LogP contribution >= 0.6 is 22.9 Å². The van der Waals surface area contributed by atoms with Crippen LogP contribution in [0, 0.1) is 0 Å². The molecule has 12 heterocycles. The number of nitrogens with zero attached hydrogens (tertiary/aromatic N) is 12. The molecule has 0 atom stereocenters. The summed E-state index contributed by atoms with van der Waals surface area (Å²) < 4.78 is 2.02. The molecular formula is C48H39IN18. The van der Waals surface area contributed by atoms with Crippen molar-refractivity contribution in [1.82, 2.24) is 83.6 Å². The molecule has 0 aliphatic carbocycles. The molecule has 0 saturated carbocycles. The highest BCUT2D eigenvalue weighted by Gasteiger charge is 2.19. The van der Waals surface area contributed by atoms with Gasteiger partial charge in [0, 0.05) is 114 Å². The maximum atomic E-state index is 6.08. The minimum atomic E-state index is 0.622. The van der Waals surface area contributed by atoms with Crippen LogP contribution in [0.3, 0.4) is 0 Å². The minimum absolute atomic E-state index is 0.622. The van der Waals surface area contributed by atoms with E-state index in [1.54, 1.807) is 37.2 Å². The van der Waals surface area contributed by atoms with Gasteiger partial charge in [0.05, 0.1) is 74.6 Å². The Labute approximate surface area is 395 Å². The summed E-state index contributed by atoms with van der Waals surface area (Å²) in [5.41, 5.74) is 22.0. The van der Waals surface area contributed by atoms with Gasteiger partial charge >= 0.3 is 0 Å². The van der Waals surface area contributed by atoms with Crippen molar-refractivity contribution < 1.29 is 0 Å². The number of nitrogens with one attached hydrogen (secondary N) is 5. The number of rotatable bonds is 10. The van der Waals surface area contributed by atoms with Gasteiger partial charge in [-0.15, -0.1) is 0 Å². The van der Waals surface area contributed by atoms with Gasteiger partial charge in [0.1, 0.15) is 11.4 Å². The van der Waals surface area contributed by atoms with Crippen LogP contribution < -0.4 is 11.1 Å². The second-order valence-electron chi connectivity index (χ2n) is 15.8. The highest BCUT2D eigenvalue weighted by Crippen LogP contribution is 2.34. The van der Waals surface area contributed by atoms with Gasteiger partial charge in [-0.25, -0.2) is 19.9 Å². The summed E-state index contributed by atoms with van der Waals surface area (Å²) in [5, 5.41) is 20.2. The lowest BCUT2D eigenvalue weighted by atomic mass is 10.0. The third-order valence-corrected chi connectivity index (χ3v) is 11.9. The first kappa shape index (κ1) is 41.4. The van der Waals surface area contributed by atoms with E-state index in [4.69, 9.17) is 15.7 Å². The van der Waals surface area contributed by atoms with Crippen LogP contribution in [0.5, 0.6) is 0 Å². The molecule has 0 bridgehead atoms. The van der Waals surface area contributed by atoms with Crippen molar-refractivity contribution in [2.24, 2.45) is 5.73 Å². The first-order valence-electron chi connectivity index (χ1n) is 21.4. The van der Waals surface area contributed by atoms with Crippen LogP contribution in [0.2, 0.25) is 0 Å². The molecule has 328 valence electrons. The van der Waals surface area contributed by atoms with Crippen LogP contribution in [-0.2, 0) is 6.54 Å². The summed E-state index contributed by atoms with van der Waals surface area (Å²) in [6.45, 7) is 4.62. The zero-order chi connectivity index (χ0) is 45.3. The van der Waals surface area contributed by atoms with E-state index in [1.807, 2.05) is 76.8 Å². The third-order valence-electron chi connectivity index (χ3n) is 11.2. The van der Waals surface area contributed by atoms with Gasteiger partial charge in [-0.3, -0.25) is 35.1 Å². The zero-order valence-corrected chi connectivity index (χ0v) is 37.9. The van der Waals surface area contributed by atoms with Crippen LogP contribution in [0.1, 0.15) is 24.5 Å². The second kappa shape index (κ2) is 17.9. The molecule has 0 saturated heterocycles. The van der Waals surface area contributed by atoms with Gasteiger partial charge < -0.3 is 24.1 Å². The molecule has 11 aromatic heterocycles. The number of imidazole rings is 2. The Kier molecular flexibility index (Phi) is 11.1. The number of halogens is 1. The maximum Gasteiger partial charge on any atom is 0.181 e. The van der Waals surface area contributed by atoms with E-state index in [9.17, 15) is 0 Å². The molecule has 0 unspecified atom stereocenters. The molecule has 67 heavy (non-hydrogen) atoms. The molecule has 1 aliphatic heterocycles. The van der Waals surface area contributed by atoms with Crippen molar-refractivity contribution in [3.63, 3.8) is 0 Å². The topological polar surface area (TPSA) is 246 Å². The van der Waals surface area contributed by atoms with Crippen LogP contribution in [-0.4, -0.2) is 91.4 Å². The van der Waals surface area contributed by atoms with Gasteiger partial charge in [-0.05, 0) is 78.2 Å². The van der Waals surface area contributed by atoms with Gasteiger partial charge in [0.2, 0.25) is 0 Å². The van der Waals surface area contributed by atoms with Gasteiger partial charge in [0.15, 0.2) is 22.9 Å². The normalized spacial score (nSPS) is 12.7. The van der Waals surface area contributed by atoms with Gasteiger partial charge in [-0.2, -0.15) is 10.2 Å². The van der Waals surface area contributed by atoms with E-state index in [0.29, 0.717) is 29.5 Å². The molecule has 1 aliphatic rings. The lowest BCUT2D eigenvalue weighted by Crippen LogP contribution is -2.17. The molecule has 0 aromatic carbocycles. The van der Waals surface area contributed by atoms with E-state index in [-0.39, 0.29) is 0 Å². The lowest BCUT2D eigenvalue weighted by Gasteiger charge is -2.19. The monoisotopic (exact) mass is 994 g/mol. The summed E-state index contributed by atoms with van der Waals surface area (Å²) in [7, 11) is 0. The highest BCUT2D eigenvalue weighted by atomic mass is 127. The van der Waals surface area contributed by atoms with Crippen LogP contribution in [0.25, 0.3) is 106 Å². The molecule has 0 fully saturated rings. The lowest BCUT2D eigenvalue weighted by molar-refractivity contribution is 0.674. The third kappa shape index (κ3) is 8.32.